The van der Waals surface area contributed by atoms with Crippen LogP contribution in [0.2, 0.25) is 0 Å². The van der Waals surface area contributed by atoms with Gasteiger partial charge in [-0.25, -0.2) is 15.0 Å². The van der Waals surface area contributed by atoms with Crippen LogP contribution in [0, 0.1) is 6.92 Å². The Bertz CT molecular complexity index is 1380. The van der Waals surface area contributed by atoms with E-state index in [-0.39, 0.29) is 5.91 Å². The molecular weight excluding hydrogens is 496 g/mol. The quantitative estimate of drug-likeness (QED) is 0.310. The topological polar surface area (TPSA) is 89.5 Å². The average molecular weight is 531 g/mol. The number of nitrogens with zero attached hydrogens (tertiary/aromatic N) is 6. The molecule has 1 amide bonds. The van der Waals surface area contributed by atoms with Crippen molar-refractivity contribution >= 4 is 50.0 Å². The van der Waals surface area contributed by atoms with Gasteiger partial charge < -0.3 is 25.3 Å². The Labute approximate surface area is 227 Å². The number of benzene rings is 1. The molecule has 0 unspecified atom stereocenters. The summed E-state index contributed by atoms with van der Waals surface area (Å²) in [4.78, 5) is 34.2. The zero-order valence-corrected chi connectivity index (χ0v) is 23.0. The average Bonchev–Trinajstić information content (AvgIpc) is 3.33. The van der Waals surface area contributed by atoms with Gasteiger partial charge in [0.15, 0.2) is 5.13 Å². The highest BCUT2D eigenvalue weighted by molar-refractivity contribution is 7.21. The summed E-state index contributed by atoms with van der Waals surface area (Å²) in [7, 11) is 4.16. The Morgan fingerprint density at radius 2 is 1.84 bits per heavy atom. The minimum atomic E-state index is -0.0939. The van der Waals surface area contributed by atoms with Crippen molar-refractivity contribution in [2.45, 2.75) is 13.3 Å². The van der Waals surface area contributed by atoms with Crippen LogP contribution in [0.4, 0.5) is 22.5 Å². The zero-order chi connectivity index (χ0) is 26.5. The van der Waals surface area contributed by atoms with Gasteiger partial charge in [-0.15, -0.1) is 0 Å². The van der Waals surface area contributed by atoms with E-state index in [2.05, 4.69) is 73.5 Å². The lowest BCUT2D eigenvalue weighted by molar-refractivity contribution is 0.0949. The van der Waals surface area contributed by atoms with E-state index in [1.807, 2.05) is 19.2 Å². The highest BCUT2D eigenvalue weighted by atomic mass is 32.1. The molecule has 5 rings (SSSR count). The Balaban J connectivity index is 1.18. The van der Waals surface area contributed by atoms with Crippen molar-refractivity contribution in [1.82, 2.24) is 30.1 Å². The second-order valence-corrected chi connectivity index (χ2v) is 10.7. The first-order valence-corrected chi connectivity index (χ1v) is 13.8. The van der Waals surface area contributed by atoms with Crippen molar-refractivity contribution < 1.29 is 4.79 Å². The van der Waals surface area contributed by atoms with Gasteiger partial charge in [-0.05, 0) is 63.3 Å². The summed E-state index contributed by atoms with van der Waals surface area (Å²) in [6, 6.07) is 15.8. The number of amides is 1. The molecular formula is C28H34N8OS. The molecule has 0 saturated carbocycles. The molecule has 198 valence electrons. The number of thiazole rings is 1. The Kier molecular flexibility index (Phi) is 8.11. The maximum absolute atomic E-state index is 12.7. The molecule has 1 saturated heterocycles. The van der Waals surface area contributed by atoms with Crippen molar-refractivity contribution in [3.8, 4) is 0 Å². The maximum Gasteiger partial charge on any atom is 0.251 e. The fraction of sp³-hybridized carbons (Fsp3) is 0.357. The van der Waals surface area contributed by atoms with Crippen LogP contribution >= 0.6 is 11.3 Å². The largest absolute Gasteiger partial charge is 0.352 e. The molecule has 0 aliphatic carbocycles. The highest BCUT2D eigenvalue weighted by Gasteiger charge is 2.14. The number of piperazine rings is 1. The number of pyridine rings is 2. The Morgan fingerprint density at radius 3 is 2.63 bits per heavy atom. The molecule has 4 aromatic rings. The molecule has 4 heterocycles. The fourth-order valence-corrected chi connectivity index (χ4v) is 5.22. The number of fused-ring (bicyclic) bond motifs is 1. The number of carbonyl (C=O) groups excluding carboxylic acids is 1. The summed E-state index contributed by atoms with van der Waals surface area (Å²) in [5.74, 6) is 1.33. The molecule has 9 nitrogen and oxygen atoms in total. The molecule has 0 radical (unpaired) electrons. The van der Waals surface area contributed by atoms with Gasteiger partial charge >= 0.3 is 0 Å². The lowest BCUT2D eigenvalue weighted by atomic mass is 10.2. The molecule has 1 aliphatic rings. The summed E-state index contributed by atoms with van der Waals surface area (Å²) in [6.07, 6.45) is 2.58. The number of nitrogens with one attached hydrogen (secondary N) is 2. The van der Waals surface area contributed by atoms with Crippen LogP contribution in [0.1, 0.15) is 22.3 Å². The second-order valence-electron chi connectivity index (χ2n) is 9.72. The molecule has 1 fully saturated rings. The first-order chi connectivity index (χ1) is 18.4. The Morgan fingerprint density at radius 1 is 1.05 bits per heavy atom. The van der Waals surface area contributed by atoms with Crippen molar-refractivity contribution in [3.05, 3.63) is 65.9 Å². The first kappa shape index (κ1) is 26.0. The van der Waals surface area contributed by atoms with Crippen LogP contribution in [0.5, 0.6) is 0 Å². The molecule has 1 aliphatic heterocycles. The van der Waals surface area contributed by atoms with Crippen LogP contribution in [0.15, 0.2) is 54.7 Å². The van der Waals surface area contributed by atoms with Crippen molar-refractivity contribution in [2.75, 3.05) is 63.6 Å². The SMILES string of the molecule is Cc1ccc(N(C)c2ccc3nc(Nc4cc(C(=O)NCCCN5CCN(C)CC5)ccn4)sc3n2)cc1. The van der Waals surface area contributed by atoms with Gasteiger partial charge in [0.1, 0.15) is 22.0 Å². The van der Waals surface area contributed by atoms with Crippen LogP contribution in [0.25, 0.3) is 10.3 Å². The molecule has 2 N–H and O–H groups in total. The second kappa shape index (κ2) is 11.8. The third-order valence-corrected chi connectivity index (χ3v) is 7.68. The maximum atomic E-state index is 12.7. The summed E-state index contributed by atoms with van der Waals surface area (Å²) in [5.41, 5.74) is 3.68. The molecule has 10 heteroatoms. The van der Waals surface area contributed by atoms with Gasteiger partial charge in [0.2, 0.25) is 0 Å². The van der Waals surface area contributed by atoms with Gasteiger partial charge in [-0.3, -0.25) is 4.79 Å². The number of aromatic nitrogens is 3. The third-order valence-electron chi connectivity index (χ3n) is 6.80. The predicted molar refractivity (Wildman–Crippen MR) is 155 cm³/mol. The lowest BCUT2D eigenvalue weighted by Gasteiger charge is -2.32. The predicted octanol–water partition coefficient (Wildman–Crippen LogP) is 4.27. The zero-order valence-electron chi connectivity index (χ0n) is 22.1. The number of rotatable bonds is 9. The van der Waals surface area contributed by atoms with Gasteiger partial charge in [-0.2, -0.15) is 0 Å². The fourth-order valence-electron chi connectivity index (χ4n) is 4.38. The van der Waals surface area contributed by atoms with E-state index < -0.39 is 0 Å². The van der Waals surface area contributed by atoms with Gasteiger partial charge in [0.25, 0.3) is 5.91 Å². The van der Waals surface area contributed by atoms with E-state index in [9.17, 15) is 4.79 Å². The van der Waals surface area contributed by atoms with E-state index >= 15 is 0 Å². The highest BCUT2D eigenvalue weighted by Crippen LogP contribution is 2.30. The summed E-state index contributed by atoms with van der Waals surface area (Å²) < 4.78 is 0. The molecule has 0 spiro atoms. The lowest BCUT2D eigenvalue weighted by Crippen LogP contribution is -2.45. The monoisotopic (exact) mass is 530 g/mol. The number of anilines is 4. The summed E-state index contributed by atoms with van der Waals surface area (Å²) in [6.45, 7) is 8.13. The third kappa shape index (κ3) is 6.45. The van der Waals surface area contributed by atoms with Crippen molar-refractivity contribution in [2.24, 2.45) is 0 Å². The van der Waals surface area contributed by atoms with Gasteiger partial charge in [-0.1, -0.05) is 29.0 Å². The van der Waals surface area contributed by atoms with E-state index in [0.29, 0.717) is 23.1 Å². The van der Waals surface area contributed by atoms with E-state index in [4.69, 9.17) is 4.98 Å². The van der Waals surface area contributed by atoms with Crippen molar-refractivity contribution in [1.29, 1.82) is 0 Å². The molecule has 3 aromatic heterocycles. The number of likely N-dealkylation sites (N-methyl/N-ethyl adjacent to an activating group) is 1. The summed E-state index contributed by atoms with van der Waals surface area (Å²) in [5, 5.41) is 6.96. The van der Waals surface area contributed by atoms with Gasteiger partial charge in [0, 0.05) is 57.2 Å². The number of hydrogen-bond donors (Lipinski definition) is 2. The van der Waals surface area contributed by atoms with Crippen molar-refractivity contribution in [3.63, 3.8) is 0 Å². The first-order valence-electron chi connectivity index (χ1n) is 12.9. The molecule has 0 bridgehead atoms. The normalized spacial score (nSPS) is 14.5. The Hall–Kier alpha value is -3.60. The standard InChI is InChI=1S/C28H34N8OS/c1-20-5-7-22(8-6-20)35(3)25-10-9-23-27(33-25)38-28(31-23)32-24-19-21(11-13-29-24)26(37)30-12-4-14-36-17-15-34(2)16-18-36/h5-11,13,19H,4,12,14-18H2,1-3H3,(H,30,37)(H,29,31,32). The van der Waals surface area contributed by atoms with Crippen LogP contribution in [0.3, 0.4) is 0 Å². The number of hydrogen-bond acceptors (Lipinski definition) is 9. The van der Waals surface area contributed by atoms with E-state index in [1.165, 1.54) is 16.9 Å². The smallest absolute Gasteiger partial charge is 0.251 e. The number of carbonyl (C=O) groups is 1. The molecule has 38 heavy (non-hydrogen) atoms. The van der Waals surface area contributed by atoms with E-state index in [1.54, 1.807) is 18.3 Å². The van der Waals surface area contributed by atoms with Gasteiger partial charge in [0.05, 0.1) is 0 Å². The summed E-state index contributed by atoms with van der Waals surface area (Å²) >= 11 is 1.46. The minimum absolute atomic E-state index is 0.0939. The van der Waals surface area contributed by atoms with E-state index in [0.717, 1.165) is 61.0 Å². The molecule has 1 aromatic carbocycles. The van der Waals surface area contributed by atoms with Crippen LogP contribution < -0.4 is 15.5 Å². The molecule has 0 atom stereocenters. The van der Waals surface area contributed by atoms with Crippen LogP contribution in [-0.2, 0) is 0 Å². The van der Waals surface area contributed by atoms with Crippen LogP contribution in [-0.4, -0.2) is 84.0 Å². The number of aryl methyl sites for hydroxylation is 1. The minimum Gasteiger partial charge on any atom is -0.352 e.